The van der Waals surface area contributed by atoms with E-state index in [9.17, 15) is 14.7 Å². The number of primary amides is 1. The van der Waals surface area contributed by atoms with Gasteiger partial charge in [-0.15, -0.1) is 11.3 Å². The third-order valence-corrected chi connectivity index (χ3v) is 6.50. The van der Waals surface area contributed by atoms with E-state index in [1.807, 2.05) is 16.3 Å². The highest BCUT2D eigenvalue weighted by Gasteiger charge is 2.25. The fourth-order valence-electron chi connectivity index (χ4n) is 3.85. The Morgan fingerprint density at radius 1 is 1.12 bits per heavy atom. The Balaban J connectivity index is 1.38. The quantitative estimate of drug-likeness (QED) is 0.580. The van der Waals surface area contributed by atoms with Gasteiger partial charge in [-0.2, -0.15) is 5.26 Å². The summed E-state index contributed by atoms with van der Waals surface area (Å²) in [6.07, 6.45) is 1.46. The summed E-state index contributed by atoms with van der Waals surface area (Å²) in [5, 5.41) is 20.3. The molecule has 1 fully saturated rings. The number of nitrogens with zero attached hydrogens (tertiary/aromatic N) is 2. The summed E-state index contributed by atoms with van der Waals surface area (Å²) >= 11 is 1.34. The predicted octanol–water partition coefficient (Wildman–Crippen LogP) is 3.70. The Labute approximate surface area is 195 Å². The summed E-state index contributed by atoms with van der Waals surface area (Å²) in [7, 11) is 0. The number of carbonyl (C=O) groups is 2. The van der Waals surface area contributed by atoms with Gasteiger partial charge >= 0.3 is 0 Å². The molecule has 1 aliphatic rings. The number of aromatic hydroxyl groups is 1. The van der Waals surface area contributed by atoms with Crippen LogP contribution in [0.3, 0.4) is 0 Å². The molecule has 8 heteroatoms. The molecule has 0 aliphatic carbocycles. The average Bonchev–Trinajstić information content (AvgIpc) is 3.30. The summed E-state index contributed by atoms with van der Waals surface area (Å²) in [4.78, 5) is 27.1. The number of rotatable bonds is 6. The molecule has 0 radical (unpaired) electrons. The number of hydrogen-bond donors (Lipinski definition) is 2. The minimum absolute atomic E-state index is 0.0359. The summed E-state index contributed by atoms with van der Waals surface area (Å²) in [5.74, 6) is 0.0588. The second kappa shape index (κ2) is 9.76. The first kappa shape index (κ1) is 22.4. The van der Waals surface area contributed by atoms with E-state index in [1.54, 1.807) is 42.5 Å². The number of thiophene rings is 1. The van der Waals surface area contributed by atoms with Gasteiger partial charge in [0.05, 0.1) is 12.0 Å². The largest absolute Gasteiger partial charge is 0.508 e. The van der Waals surface area contributed by atoms with Crippen LogP contribution in [0.5, 0.6) is 11.5 Å². The zero-order valence-corrected chi connectivity index (χ0v) is 18.7. The van der Waals surface area contributed by atoms with E-state index in [0.29, 0.717) is 42.1 Å². The van der Waals surface area contributed by atoms with Gasteiger partial charge in [0.1, 0.15) is 28.5 Å². The van der Waals surface area contributed by atoms with Crippen molar-refractivity contribution in [3.8, 4) is 28.7 Å². The van der Waals surface area contributed by atoms with Crippen molar-refractivity contribution >= 4 is 23.2 Å². The standard InChI is InChI=1S/C25H23N3O4S/c26-14-21-12-18(15-33-21)17-3-6-23(22(13-17)25(27)31)32-20-7-9-28(10-8-20)24(30)11-16-1-4-19(29)5-2-16/h1-6,12-13,15,20,29H,7-11H2,(H2,27,31). The zero-order chi connectivity index (χ0) is 23.4. The first-order chi connectivity index (χ1) is 15.9. The van der Waals surface area contributed by atoms with Gasteiger partial charge in [-0.3, -0.25) is 9.59 Å². The van der Waals surface area contributed by atoms with Gasteiger partial charge in [0, 0.05) is 25.9 Å². The number of nitrogens with two attached hydrogens (primary N) is 1. The topological polar surface area (TPSA) is 117 Å². The SMILES string of the molecule is N#Cc1cc(-c2ccc(OC3CCN(C(=O)Cc4ccc(O)cc4)CC3)c(C(N)=O)c2)cs1. The van der Waals surface area contributed by atoms with Crippen molar-refractivity contribution in [3.63, 3.8) is 0 Å². The number of benzene rings is 2. The Bertz CT molecular complexity index is 1210. The van der Waals surface area contributed by atoms with Gasteiger partial charge in [0.2, 0.25) is 5.91 Å². The lowest BCUT2D eigenvalue weighted by Crippen LogP contribution is -2.42. The molecule has 1 aromatic heterocycles. The number of nitriles is 1. The molecule has 3 aromatic rings. The Morgan fingerprint density at radius 3 is 2.48 bits per heavy atom. The summed E-state index contributed by atoms with van der Waals surface area (Å²) in [5.41, 5.74) is 8.40. The van der Waals surface area contributed by atoms with Crippen molar-refractivity contribution in [3.05, 3.63) is 69.9 Å². The predicted molar refractivity (Wildman–Crippen MR) is 125 cm³/mol. The van der Waals surface area contributed by atoms with Crippen LogP contribution in [0.25, 0.3) is 11.1 Å². The first-order valence-electron chi connectivity index (χ1n) is 10.6. The van der Waals surface area contributed by atoms with Crippen LogP contribution < -0.4 is 10.5 Å². The maximum atomic E-state index is 12.6. The number of amides is 2. The van der Waals surface area contributed by atoms with Gasteiger partial charge in [-0.1, -0.05) is 18.2 Å². The Morgan fingerprint density at radius 2 is 1.85 bits per heavy atom. The van der Waals surface area contributed by atoms with Crippen LogP contribution in [0.2, 0.25) is 0 Å². The molecule has 2 heterocycles. The van der Waals surface area contributed by atoms with Crippen molar-refractivity contribution in [2.75, 3.05) is 13.1 Å². The first-order valence-corrected chi connectivity index (χ1v) is 11.5. The molecule has 0 saturated carbocycles. The highest BCUT2D eigenvalue weighted by Crippen LogP contribution is 2.31. The van der Waals surface area contributed by atoms with Crippen LogP contribution in [-0.2, 0) is 11.2 Å². The van der Waals surface area contributed by atoms with E-state index in [0.717, 1.165) is 16.7 Å². The molecule has 2 amide bonds. The third kappa shape index (κ3) is 5.33. The minimum Gasteiger partial charge on any atom is -0.508 e. The molecule has 0 bridgehead atoms. The number of carbonyl (C=O) groups excluding carboxylic acids is 2. The fraction of sp³-hybridized carbons (Fsp3) is 0.240. The summed E-state index contributed by atoms with van der Waals surface area (Å²) < 4.78 is 6.11. The minimum atomic E-state index is -0.580. The number of phenolic OH excluding ortho intramolecular Hbond substituents is 1. The summed E-state index contributed by atoms with van der Waals surface area (Å²) in [6, 6.07) is 15.8. The lowest BCUT2D eigenvalue weighted by Gasteiger charge is -2.32. The van der Waals surface area contributed by atoms with Crippen LogP contribution in [0.1, 0.15) is 33.6 Å². The van der Waals surface area contributed by atoms with Crippen molar-refractivity contribution in [2.24, 2.45) is 5.73 Å². The molecule has 0 unspecified atom stereocenters. The number of phenols is 1. The van der Waals surface area contributed by atoms with Crippen molar-refractivity contribution in [1.82, 2.24) is 4.90 Å². The molecule has 0 spiro atoms. The highest BCUT2D eigenvalue weighted by molar-refractivity contribution is 7.10. The molecule has 33 heavy (non-hydrogen) atoms. The molecule has 168 valence electrons. The molecule has 1 saturated heterocycles. The van der Waals surface area contributed by atoms with Crippen molar-refractivity contribution in [2.45, 2.75) is 25.4 Å². The van der Waals surface area contributed by atoms with E-state index >= 15 is 0 Å². The maximum Gasteiger partial charge on any atom is 0.252 e. The van der Waals surface area contributed by atoms with Gasteiger partial charge in [0.15, 0.2) is 0 Å². The molecule has 3 N–H and O–H groups in total. The van der Waals surface area contributed by atoms with Crippen molar-refractivity contribution in [1.29, 1.82) is 5.26 Å². The van der Waals surface area contributed by atoms with Crippen LogP contribution >= 0.6 is 11.3 Å². The lowest BCUT2D eigenvalue weighted by molar-refractivity contribution is -0.132. The Hall–Kier alpha value is -3.83. The van der Waals surface area contributed by atoms with Crippen LogP contribution in [0, 0.1) is 11.3 Å². The lowest BCUT2D eigenvalue weighted by atomic mass is 10.0. The Kier molecular flexibility index (Phi) is 6.61. The monoisotopic (exact) mass is 461 g/mol. The molecular formula is C25H23N3O4S. The molecule has 2 aromatic carbocycles. The number of likely N-dealkylation sites (tertiary alicyclic amines) is 1. The van der Waals surface area contributed by atoms with Gasteiger partial charge in [-0.25, -0.2) is 0 Å². The van der Waals surface area contributed by atoms with Crippen LogP contribution in [-0.4, -0.2) is 41.0 Å². The second-order valence-corrected chi connectivity index (χ2v) is 8.84. The van der Waals surface area contributed by atoms with E-state index in [2.05, 4.69) is 6.07 Å². The van der Waals surface area contributed by atoms with E-state index in [4.69, 9.17) is 15.7 Å². The normalized spacial score (nSPS) is 14.0. The molecule has 0 atom stereocenters. The van der Waals surface area contributed by atoms with Crippen LogP contribution in [0.4, 0.5) is 0 Å². The summed E-state index contributed by atoms with van der Waals surface area (Å²) in [6.45, 7) is 1.13. The molecule has 1 aliphatic heterocycles. The van der Waals surface area contributed by atoms with Gasteiger partial charge in [-0.05, 0) is 52.4 Å². The van der Waals surface area contributed by atoms with Gasteiger partial charge in [0.25, 0.3) is 5.91 Å². The second-order valence-electron chi connectivity index (χ2n) is 7.93. The number of piperidine rings is 1. The highest BCUT2D eigenvalue weighted by atomic mass is 32.1. The van der Waals surface area contributed by atoms with Crippen molar-refractivity contribution < 1.29 is 19.4 Å². The number of ether oxygens (including phenoxy) is 1. The van der Waals surface area contributed by atoms with Crippen LogP contribution in [0.15, 0.2) is 53.9 Å². The van der Waals surface area contributed by atoms with Gasteiger partial charge < -0.3 is 20.5 Å². The molecular weight excluding hydrogens is 438 g/mol. The number of hydrogen-bond acceptors (Lipinski definition) is 6. The maximum absolute atomic E-state index is 12.6. The third-order valence-electron chi connectivity index (χ3n) is 5.67. The molecule has 4 rings (SSSR count). The smallest absolute Gasteiger partial charge is 0.252 e. The van der Waals surface area contributed by atoms with E-state index in [-0.39, 0.29) is 24.2 Å². The fourth-order valence-corrected chi connectivity index (χ4v) is 4.56. The molecule has 7 nitrogen and oxygen atoms in total. The zero-order valence-electron chi connectivity index (χ0n) is 17.9. The van der Waals surface area contributed by atoms with E-state index < -0.39 is 5.91 Å². The van der Waals surface area contributed by atoms with E-state index in [1.165, 1.54) is 11.3 Å². The average molecular weight is 462 g/mol.